The van der Waals surface area contributed by atoms with Gasteiger partial charge < -0.3 is 19.5 Å². The molecular formula is C27H29NO6S. The third-order valence-electron chi connectivity index (χ3n) is 6.42. The van der Waals surface area contributed by atoms with Crippen LogP contribution in [0.1, 0.15) is 49.5 Å². The molecule has 0 unspecified atom stereocenters. The number of esters is 2. The molecule has 0 amide bonds. The molecule has 1 aromatic carbocycles. The predicted molar refractivity (Wildman–Crippen MR) is 132 cm³/mol. The number of allylic oxidation sites excluding steroid dienone is 3. The van der Waals surface area contributed by atoms with Crippen LogP contribution in [-0.4, -0.2) is 38.0 Å². The third kappa shape index (κ3) is 4.50. The first kappa shape index (κ1) is 24.7. The highest BCUT2D eigenvalue weighted by atomic mass is 32.1. The highest BCUT2D eigenvalue weighted by molar-refractivity contribution is 7.10. The van der Waals surface area contributed by atoms with Crippen molar-refractivity contribution in [3.8, 4) is 5.75 Å². The molecule has 0 saturated carbocycles. The lowest BCUT2D eigenvalue weighted by atomic mass is 9.68. The fraction of sp³-hybridized carbons (Fsp3) is 0.370. The number of ether oxygens (including phenoxy) is 3. The average Bonchev–Trinajstić information content (AvgIpc) is 3.38. The molecule has 3 atom stereocenters. The molecule has 2 heterocycles. The molecule has 8 heteroatoms. The number of thiophene rings is 1. The molecule has 1 aromatic heterocycles. The van der Waals surface area contributed by atoms with Crippen LogP contribution in [0.2, 0.25) is 0 Å². The lowest BCUT2D eigenvalue weighted by Gasteiger charge is -2.39. The van der Waals surface area contributed by atoms with Gasteiger partial charge in [0.2, 0.25) is 0 Å². The molecule has 0 bridgehead atoms. The molecule has 184 valence electrons. The van der Waals surface area contributed by atoms with E-state index in [1.54, 1.807) is 21.0 Å². The second-order valence-corrected chi connectivity index (χ2v) is 9.35. The molecule has 1 N–H and O–H groups in total. The van der Waals surface area contributed by atoms with Crippen LogP contribution in [0.4, 0.5) is 0 Å². The van der Waals surface area contributed by atoms with Crippen LogP contribution in [0.25, 0.3) is 0 Å². The van der Waals surface area contributed by atoms with Gasteiger partial charge in [0.1, 0.15) is 11.7 Å². The van der Waals surface area contributed by atoms with E-state index in [0.29, 0.717) is 34.7 Å². The third-order valence-corrected chi connectivity index (χ3v) is 7.36. The zero-order valence-electron chi connectivity index (χ0n) is 20.3. The molecule has 0 fully saturated rings. The van der Waals surface area contributed by atoms with Gasteiger partial charge in [-0.1, -0.05) is 24.3 Å². The van der Waals surface area contributed by atoms with Gasteiger partial charge in [-0.3, -0.25) is 9.59 Å². The summed E-state index contributed by atoms with van der Waals surface area (Å²) in [7, 11) is 1.57. The minimum absolute atomic E-state index is 0.160. The van der Waals surface area contributed by atoms with E-state index in [1.807, 2.05) is 48.7 Å². The topological polar surface area (TPSA) is 90.9 Å². The first-order valence-electron chi connectivity index (χ1n) is 11.7. The molecule has 7 nitrogen and oxygen atoms in total. The number of hydrogen-bond donors (Lipinski definition) is 1. The van der Waals surface area contributed by atoms with Crippen LogP contribution in [0.5, 0.6) is 5.75 Å². The zero-order chi connectivity index (χ0) is 25.1. The smallest absolute Gasteiger partial charge is 0.336 e. The highest BCUT2D eigenvalue weighted by Gasteiger charge is 2.49. The quantitative estimate of drug-likeness (QED) is 0.448. The molecule has 0 spiro atoms. The molecule has 0 saturated heterocycles. The number of benzene rings is 1. The van der Waals surface area contributed by atoms with Crippen molar-refractivity contribution in [2.75, 3.05) is 20.3 Å². The van der Waals surface area contributed by atoms with Crippen molar-refractivity contribution in [1.29, 1.82) is 0 Å². The number of nitrogens with one attached hydrogen (secondary N) is 1. The standard InChI is InChI=1S/C27H29NO6S/c1-5-33-26(30)21-15(3)28-18-14-17(16-10-7-8-11-19(16)32-4)22(27(31)34-6-2)25(29)23(18)24(21)20-12-9-13-35-20/h7-13,17,22,24,28H,5-6,14H2,1-4H3/t17-,22-,24+/m0/s1. The Morgan fingerprint density at radius 2 is 1.83 bits per heavy atom. The maximum Gasteiger partial charge on any atom is 0.336 e. The number of methoxy groups -OCH3 is 1. The van der Waals surface area contributed by atoms with Crippen LogP contribution in [-0.2, 0) is 23.9 Å². The van der Waals surface area contributed by atoms with Gasteiger partial charge in [-0.05, 0) is 50.3 Å². The Labute approximate surface area is 208 Å². The summed E-state index contributed by atoms with van der Waals surface area (Å²) in [4.78, 5) is 41.3. The molecule has 1 aliphatic heterocycles. The van der Waals surface area contributed by atoms with Crippen molar-refractivity contribution in [1.82, 2.24) is 5.32 Å². The maximum absolute atomic E-state index is 14.2. The predicted octanol–water partition coefficient (Wildman–Crippen LogP) is 4.47. The van der Waals surface area contributed by atoms with Gasteiger partial charge in [-0.2, -0.15) is 0 Å². The number of ketones is 1. The summed E-state index contributed by atoms with van der Waals surface area (Å²) >= 11 is 1.46. The summed E-state index contributed by atoms with van der Waals surface area (Å²) in [6.07, 6.45) is 0.389. The van der Waals surface area contributed by atoms with Crippen LogP contribution < -0.4 is 10.1 Å². The lowest BCUT2D eigenvalue weighted by molar-refractivity contribution is -0.152. The summed E-state index contributed by atoms with van der Waals surface area (Å²) in [5.41, 5.74) is 2.92. The number of para-hydroxylation sites is 1. The second kappa shape index (κ2) is 10.5. The average molecular weight is 496 g/mol. The van der Waals surface area contributed by atoms with Crippen molar-refractivity contribution < 1.29 is 28.6 Å². The Hall–Kier alpha value is -3.39. The van der Waals surface area contributed by atoms with Gasteiger partial charge in [0.15, 0.2) is 5.78 Å². The van der Waals surface area contributed by atoms with Gasteiger partial charge >= 0.3 is 11.9 Å². The Morgan fingerprint density at radius 3 is 2.49 bits per heavy atom. The molecule has 0 radical (unpaired) electrons. The van der Waals surface area contributed by atoms with E-state index in [-0.39, 0.29) is 19.0 Å². The maximum atomic E-state index is 14.2. The summed E-state index contributed by atoms with van der Waals surface area (Å²) in [6, 6.07) is 11.2. The van der Waals surface area contributed by atoms with E-state index in [9.17, 15) is 14.4 Å². The minimum Gasteiger partial charge on any atom is -0.496 e. The fourth-order valence-electron chi connectivity index (χ4n) is 5.02. The van der Waals surface area contributed by atoms with Gasteiger partial charge in [0, 0.05) is 27.8 Å². The van der Waals surface area contributed by atoms with Gasteiger partial charge in [-0.15, -0.1) is 11.3 Å². The van der Waals surface area contributed by atoms with Gasteiger partial charge in [0.25, 0.3) is 0 Å². The monoisotopic (exact) mass is 495 g/mol. The minimum atomic E-state index is -1.06. The van der Waals surface area contributed by atoms with Crippen LogP contribution in [0.15, 0.2) is 64.3 Å². The number of carbonyl (C=O) groups is 3. The van der Waals surface area contributed by atoms with E-state index in [2.05, 4.69) is 5.32 Å². The van der Waals surface area contributed by atoms with Gasteiger partial charge in [-0.25, -0.2) is 4.79 Å². The van der Waals surface area contributed by atoms with E-state index in [0.717, 1.165) is 10.4 Å². The van der Waals surface area contributed by atoms with Crippen LogP contribution >= 0.6 is 11.3 Å². The number of rotatable bonds is 7. The summed E-state index contributed by atoms with van der Waals surface area (Å²) in [6.45, 7) is 5.66. The Bertz CT molecular complexity index is 1200. The molecule has 35 heavy (non-hydrogen) atoms. The van der Waals surface area contributed by atoms with Crippen molar-refractivity contribution in [3.63, 3.8) is 0 Å². The Morgan fingerprint density at radius 1 is 1.09 bits per heavy atom. The SMILES string of the molecule is CCOC(=O)C1=C(C)NC2=C(C(=O)[C@@H](C(=O)OCC)[C@H](c3ccccc3OC)C2)[C@@H]1c1cccs1. The fourth-order valence-corrected chi connectivity index (χ4v) is 5.86. The van der Waals surface area contributed by atoms with E-state index < -0.39 is 29.7 Å². The normalized spacial score (nSPS) is 21.8. The lowest BCUT2D eigenvalue weighted by Crippen LogP contribution is -2.43. The summed E-state index contributed by atoms with van der Waals surface area (Å²) in [5.74, 6) is -2.95. The summed E-state index contributed by atoms with van der Waals surface area (Å²) in [5, 5.41) is 5.21. The van der Waals surface area contributed by atoms with E-state index in [4.69, 9.17) is 14.2 Å². The Balaban J connectivity index is 1.89. The van der Waals surface area contributed by atoms with E-state index in [1.165, 1.54) is 11.3 Å². The molecule has 2 aliphatic rings. The van der Waals surface area contributed by atoms with Gasteiger partial charge in [0.05, 0.1) is 31.8 Å². The first-order chi connectivity index (χ1) is 16.9. The van der Waals surface area contributed by atoms with Crippen molar-refractivity contribution in [2.24, 2.45) is 5.92 Å². The largest absolute Gasteiger partial charge is 0.496 e. The first-order valence-corrected chi connectivity index (χ1v) is 12.6. The molecule has 2 aromatic rings. The highest BCUT2D eigenvalue weighted by Crippen LogP contribution is 2.50. The zero-order valence-corrected chi connectivity index (χ0v) is 21.1. The number of hydrogen-bond acceptors (Lipinski definition) is 8. The number of dihydropyridines is 1. The Kier molecular flexibility index (Phi) is 7.40. The molecular weight excluding hydrogens is 466 g/mol. The van der Waals surface area contributed by atoms with Crippen LogP contribution in [0.3, 0.4) is 0 Å². The van der Waals surface area contributed by atoms with Crippen molar-refractivity contribution in [2.45, 2.75) is 39.0 Å². The summed E-state index contributed by atoms with van der Waals surface area (Å²) < 4.78 is 16.3. The van der Waals surface area contributed by atoms with Crippen molar-refractivity contribution in [3.05, 3.63) is 74.8 Å². The molecule has 4 rings (SSSR count). The van der Waals surface area contributed by atoms with Crippen molar-refractivity contribution >= 4 is 29.1 Å². The van der Waals surface area contributed by atoms with Crippen LogP contribution in [0, 0.1) is 5.92 Å². The molecule has 1 aliphatic carbocycles. The number of carbonyl (C=O) groups excluding carboxylic acids is 3. The second-order valence-electron chi connectivity index (χ2n) is 8.37. The number of Topliss-reactive ketones (excluding diaryl/α,β-unsaturated/α-hetero) is 1. The van der Waals surface area contributed by atoms with E-state index >= 15 is 0 Å².